The molecule has 1 spiro atoms. The molecule has 0 aliphatic carbocycles. The third-order valence-corrected chi connectivity index (χ3v) is 5.38. The summed E-state index contributed by atoms with van der Waals surface area (Å²) in [6.45, 7) is 1.17. The number of nitrogens with zero attached hydrogens (tertiary/aromatic N) is 2. The summed E-state index contributed by atoms with van der Waals surface area (Å²) >= 11 is 0. The van der Waals surface area contributed by atoms with Gasteiger partial charge in [-0.2, -0.15) is 0 Å². The highest BCUT2D eigenvalue weighted by Gasteiger charge is 2.59. The Bertz CT molecular complexity index is 812. The molecule has 3 heterocycles. The Morgan fingerprint density at radius 2 is 2.11 bits per heavy atom. The first kappa shape index (κ1) is 17.6. The molecule has 1 aromatic rings. The number of fused-ring (bicyclic) bond motifs is 1. The lowest BCUT2D eigenvalue weighted by atomic mass is 9.81. The molecule has 9 nitrogen and oxygen atoms in total. The minimum absolute atomic E-state index is 0.00331. The number of carbonyl (C=O) groups is 3. The zero-order valence-electron chi connectivity index (χ0n) is 15.2. The standard InChI is InChI=1S/C18H21N3O6/c1-20-8-12(11-3-4-13-14(7-11)27-10-26-13)18(9-20)16(23)21(17(24)19-18)6-5-15(22)25-2/h3-4,7,12H,5-6,8-10H2,1-2H3,(H,19,24)/t12-,18+/m1/s1. The fourth-order valence-electron chi connectivity index (χ4n) is 4.08. The number of imide groups is 1. The monoisotopic (exact) mass is 375 g/mol. The summed E-state index contributed by atoms with van der Waals surface area (Å²) in [5, 5.41) is 2.89. The smallest absolute Gasteiger partial charge is 0.325 e. The van der Waals surface area contributed by atoms with Crippen molar-refractivity contribution < 1.29 is 28.6 Å². The van der Waals surface area contributed by atoms with Crippen molar-refractivity contribution in [3.05, 3.63) is 23.8 Å². The van der Waals surface area contributed by atoms with Gasteiger partial charge >= 0.3 is 12.0 Å². The van der Waals surface area contributed by atoms with E-state index >= 15 is 0 Å². The molecule has 0 bridgehead atoms. The van der Waals surface area contributed by atoms with Gasteiger partial charge < -0.3 is 24.4 Å². The molecule has 2 fully saturated rings. The van der Waals surface area contributed by atoms with Crippen LogP contribution in [0, 0.1) is 0 Å². The molecular formula is C18H21N3O6. The van der Waals surface area contributed by atoms with Gasteiger partial charge in [-0.25, -0.2) is 4.79 Å². The Morgan fingerprint density at radius 1 is 1.33 bits per heavy atom. The van der Waals surface area contributed by atoms with Gasteiger partial charge in [-0.15, -0.1) is 0 Å². The molecule has 1 N–H and O–H groups in total. The minimum atomic E-state index is -1.06. The number of nitrogens with one attached hydrogen (secondary N) is 1. The molecule has 3 aliphatic heterocycles. The molecule has 0 aromatic heterocycles. The number of methoxy groups -OCH3 is 1. The van der Waals surface area contributed by atoms with Crippen molar-refractivity contribution in [1.82, 2.24) is 15.1 Å². The number of likely N-dealkylation sites (N-methyl/N-ethyl adjacent to an activating group) is 1. The molecule has 27 heavy (non-hydrogen) atoms. The highest BCUT2D eigenvalue weighted by atomic mass is 16.7. The number of amides is 3. The fraction of sp³-hybridized carbons (Fsp3) is 0.500. The van der Waals surface area contributed by atoms with E-state index in [0.717, 1.165) is 10.5 Å². The van der Waals surface area contributed by atoms with Crippen molar-refractivity contribution >= 4 is 17.9 Å². The van der Waals surface area contributed by atoms with Crippen LogP contribution in [0.25, 0.3) is 0 Å². The summed E-state index contributed by atoms with van der Waals surface area (Å²) in [6, 6.07) is 5.10. The van der Waals surface area contributed by atoms with Gasteiger partial charge in [-0.3, -0.25) is 14.5 Å². The van der Waals surface area contributed by atoms with E-state index in [4.69, 9.17) is 9.47 Å². The van der Waals surface area contributed by atoms with Gasteiger partial charge in [0.15, 0.2) is 11.5 Å². The third kappa shape index (κ3) is 2.78. The first-order chi connectivity index (χ1) is 12.9. The number of ether oxygens (including phenoxy) is 3. The van der Waals surface area contributed by atoms with E-state index in [0.29, 0.717) is 24.6 Å². The summed E-state index contributed by atoms with van der Waals surface area (Å²) in [7, 11) is 3.18. The van der Waals surface area contributed by atoms with Crippen molar-refractivity contribution in [2.24, 2.45) is 0 Å². The number of hydrogen-bond donors (Lipinski definition) is 1. The van der Waals surface area contributed by atoms with Gasteiger partial charge in [0.05, 0.1) is 13.5 Å². The van der Waals surface area contributed by atoms with E-state index in [1.165, 1.54) is 7.11 Å². The van der Waals surface area contributed by atoms with Crippen LogP contribution in [0.4, 0.5) is 4.79 Å². The van der Waals surface area contributed by atoms with Crippen LogP contribution >= 0.6 is 0 Å². The summed E-state index contributed by atoms with van der Waals surface area (Å²) in [6.07, 6.45) is -0.0315. The predicted molar refractivity (Wildman–Crippen MR) is 92.4 cm³/mol. The Hall–Kier alpha value is -2.81. The van der Waals surface area contributed by atoms with Gasteiger partial charge in [-0.05, 0) is 24.7 Å². The molecule has 0 unspecified atom stereocenters. The normalized spacial score (nSPS) is 26.7. The average Bonchev–Trinajstić information content (AvgIpc) is 3.30. The average molecular weight is 375 g/mol. The predicted octanol–water partition coefficient (Wildman–Crippen LogP) is 0.298. The SMILES string of the molecule is COC(=O)CCN1C(=O)N[C@]2(CN(C)C[C@@H]2c2ccc3c(c2)OCO3)C1=O. The maximum absolute atomic E-state index is 13.2. The molecule has 2 saturated heterocycles. The second kappa shape index (κ2) is 6.41. The molecule has 9 heteroatoms. The van der Waals surface area contributed by atoms with Crippen LogP contribution in [0.2, 0.25) is 0 Å². The Morgan fingerprint density at radius 3 is 2.89 bits per heavy atom. The lowest BCUT2D eigenvalue weighted by Gasteiger charge is -2.28. The molecule has 4 rings (SSSR count). The van der Waals surface area contributed by atoms with Crippen molar-refractivity contribution in [3.8, 4) is 11.5 Å². The summed E-state index contributed by atoms with van der Waals surface area (Å²) in [4.78, 5) is 40.2. The highest BCUT2D eigenvalue weighted by Crippen LogP contribution is 2.43. The molecule has 0 saturated carbocycles. The second-order valence-electron chi connectivity index (χ2n) is 7.05. The first-order valence-electron chi connectivity index (χ1n) is 8.73. The van der Waals surface area contributed by atoms with E-state index in [9.17, 15) is 14.4 Å². The molecule has 0 radical (unpaired) electrons. The molecule has 1 aromatic carbocycles. The number of hydrogen-bond acceptors (Lipinski definition) is 7. The quantitative estimate of drug-likeness (QED) is 0.597. The van der Waals surface area contributed by atoms with Gasteiger partial charge in [-0.1, -0.05) is 6.07 Å². The fourth-order valence-corrected chi connectivity index (χ4v) is 4.08. The van der Waals surface area contributed by atoms with Crippen LogP contribution in [0.15, 0.2) is 18.2 Å². The number of esters is 1. The van der Waals surface area contributed by atoms with Crippen molar-refractivity contribution in [2.45, 2.75) is 17.9 Å². The van der Waals surface area contributed by atoms with Crippen LogP contribution in [-0.2, 0) is 14.3 Å². The second-order valence-corrected chi connectivity index (χ2v) is 7.05. The Kier molecular flexibility index (Phi) is 4.18. The maximum Gasteiger partial charge on any atom is 0.325 e. The zero-order chi connectivity index (χ0) is 19.2. The van der Waals surface area contributed by atoms with E-state index in [1.807, 2.05) is 30.1 Å². The van der Waals surface area contributed by atoms with Crippen LogP contribution < -0.4 is 14.8 Å². The van der Waals surface area contributed by atoms with E-state index in [-0.39, 0.29) is 31.6 Å². The van der Waals surface area contributed by atoms with Gasteiger partial charge in [0.25, 0.3) is 5.91 Å². The van der Waals surface area contributed by atoms with Crippen LogP contribution in [0.5, 0.6) is 11.5 Å². The third-order valence-electron chi connectivity index (χ3n) is 5.38. The van der Waals surface area contributed by atoms with Crippen LogP contribution in [-0.4, -0.2) is 73.8 Å². The number of benzene rings is 1. The molecule has 144 valence electrons. The molecule has 2 atom stereocenters. The first-order valence-corrected chi connectivity index (χ1v) is 8.73. The number of rotatable bonds is 4. The van der Waals surface area contributed by atoms with Gasteiger partial charge in [0.1, 0.15) is 5.54 Å². The van der Waals surface area contributed by atoms with Gasteiger partial charge in [0, 0.05) is 25.6 Å². The summed E-state index contributed by atoms with van der Waals surface area (Å²) in [5.41, 5.74) is -0.164. The van der Waals surface area contributed by atoms with E-state index in [2.05, 4.69) is 10.1 Å². The van der Waals surface area contributed by atoms with Crippen molar-refractivity contribution in [3.63, 3.8) is 0 Å². The van der Waals surface area contributed by atoms with Crippen molar-refractivity contribution in [1.29, 1.82) is 0 Å². The van der Waals surface area contributed by atoms with Crippen molar-refractivity contribution in [2.75, 3.05) is 40.6 Å². The minimum Gasteiger partial charge on any atom is -0.469 e. The maximum atomic E-state index is 13.2. The molecule has 3 amide bonds. The lowest BCUT2D eigenvalue weighted by Crippen LogP contribution is -2.52. The zero-order valence-corrected chi connectivity index (χ0v) is 15.2. The van der Waals surface area contributed by atoms with E-state index < -0.39 is 17.5 Å². The highest BCUT2D eigenvalue weighted by molar-refractivity contribution is 6.08. The largest absolute Gasteiger partial charge is 0.469 e. The Balaban J connectivity index is 1.63. The molecule has 3 aliphatic rings. The van der Waals surface area contributed by atoms with Crippen LogP contribution in [0.3, 0.4) is 0 Å². The lowest BCUT2D eigenvalue weighted by molar-refractivity contribution is -0.141. The van der Waals surface area contributed by atoms with Gasteiger partial charge in [0.2, 0.25) is 6.79 Å². The topological polar surface area (TPSA) is 97.4 Å². The van der Waals surface area contributed by atoms with Crippen LogP contribution in [0.1, 0.15) is 17.9 Å². The molecular weight excluding hydrogens is 354 g/mol. The summed E-state index contributed by atoms with van der Waals surface area (Å²) in [5.74, 6) is 0.282. The number of carbonyl (C=O) groups excluding carboxylic acids is 3. The van der Waals surface area contributed by atoms with E-state index in [1.54, 1.807) is 0 Å². The summed E-state index contributed by atoms with van der Waals surface area (Å²) < 4.78 is 15.4. The Labute approximate surface area is 156 Å². The number of likely N-dealkylation sites (tertiary alicyclic amines) is 1. The number of urea groups is 1.